The van der Waals surface area contributed by atoms with Crippen LogP contribution >= 0.6 is 0 Å². The Bertz CT molecular complexity index is 955. The van der Waals surface area contributed by atoms with E-state index in [9.17, 15) is 14.0 Å². The zero-order valence-corrected chi connectivity index (χ0v) is 14.1. The van der Waals surface area contributed by atoms with Crippen molar-refractivity contribution >= 4 is 23.2 Å². The predicted octanol–water partition coefficient (Wildman–Crippen LogP) is 4.64. The third-order valence-corrected chi connectivity index (χ3v) is 3.91. The molecule has 4 nitrogen and oxygen atoms in total. The lowest BCUT2D eigenvalue weighted by atomic mass is 10.1. The number of rotatable bonds is 4. The number of aryl methyl sites for hydroxylation is 1. The summed E-state index contributed by atoms with van der Waals surface area (Å²) in [6.45, 7) is 1.83. The standard InChI is InChI=1S/C21H17FN2O2/c1-14-11-12-16(21(26)23-18-10-6-5-9-17(18)22)13-19(14)24-20(25)15-7-3-2-4-8-15/h2-13H,1H3,(H,23,26)(H,24,25). The molecule has 2 N–H and O–H groups in total. The van der Waals surface area contributed by atoms with Crippen molar-refractivity contribution in [1.82, 2.24) is 0 Å². The molecule has 0 spiro atoms. The SMILES string of the molecule is Cc1ccc(C(=O)Nc2ccccc2F)cc1NC(=O)c1ccccc1. The summed E-state index contributed by atoms with van der Waals surface area (Å²) < 4.78 is 13.7. The van der Waals surface area contributed by atoms with Crippen molar-refractivity contribution in [3.8, 4) is 0 Å². The van der Waals surface area contributed by atoms with Crippen molar-refractivity contribution in [2.75, 3.05) is 10.6 Å². The van der Waals surface area contributed by atoms with Crippen LogP contribution in [0.5, 0.6) is 0 Å². The Hall–Kier alpha value is -3.47. The molecule has 0 radical (unpaired) electrons. The molecule has 2 amide bonds. The number of carbonyl (C=O) groups excluding carboxylic acids is 2. The van der Waals surface area contributed by atoms with E-state index in [0.717, 1.165) is 5.56 Å². The molecular weight excluding hydrogens is 331 g/mol. The molecule has 3 aromatic rings. The molecule has 0 heterocycles. The normalized spacial score (nSPS) is 10.2. The van der Waals surface area contributed by atoms with E-state index in [1.54, 1.807) is 54.6 Å². The van der Waals surface area contributed by atoms with Crippen molar-refractivity contribution in [3.63, 3.8) is 0 Å². The zero-order chi connectivity index (χ0) is 18.5. The van der Waals surface area contributed by atoms with Crippen LogP contribution in [-0.4, -0.2) is 11.8 Å². The Balaban J connectivity index is 1.80. The van der Waals surface area contributed by atoms with Gasteiger partial charge in [-0.05, 0) is 48.9 Å². The molecule has 130 valence electrons. The van der Waals surface area contributed by atoms with E-state index in [0.29, 0.717) is 16.8 Å². The number of carbonyl (C=O) groups is 2. The number of hydrogen-bond donors (Lipinski definition) is 2. The molecule has 0 aromatic heterocycles. The largest absolute Gasteiger partial charge is 0.322 e. The lowest BCUT2D eigenvalue weighted by molar-refractivity contribution is 0.101. The fraction of sp³-hybridized carbons (Fsp3) is 0.0476. The number of nitrogens with one attached hydrogen (secondary N) is 2. The second-order valence-corrected chi connectivity index (χ2v) is 5.78. The highest BCUT2D eigenvalue weighted by Crippen LogP contribution is 2.20. The second kappa shape index (κ2) is 7.61. The molecule has 0 bridgehead atoms. The van der Waals surface area contributed by atoms with Gasteiger partial charge >= 0.3 is 0 Å². The minimum atomic E-state index is -0.509. The Labute approximate surface area is 150 Å². The number of hydrogen-bond acceptors (Lipinski definition) is 2. The summed E-state index contributed by atoms with van der Waals surface area (Å²) in [4.78, 5) is 24.7. The van der Waals surface area contributed by atoms with Gasteiger partial charge in [-0.15, -0.1) is 0 Å². The summed E-state index contributed by atoms with van der Waals surface area (Å²) >= 11 is 0. The number of benzene rings is 3. The van der Waals surface area contributed by atoms with E-state index < -0.39 is 11.7 Å². The van der Waals surface area contributed by atoms with Crippen molar-refractivity contribution < 1.29 is 14.0 Å². The monoisotopic (exact) mass is 348 g/mol. The quantitative estimate of drug-likeness (QED) is 0.722. The molecule has 0 aliphatic carbocycles. The fourth-order valence-corrected chi connectivity index (χ4v) is 2.44. The maximum Gasteiger partial charge on any atom is 0.255 e. The minimum absolute atomic E-state index is 0.105. The Morgan fingerprint density at radius 2 is 1.35 bits per heavy atom. The molecule has 0 saturated heterocycles. The summed E-state index contributed by atoms with van der Waals surface area (Å²) in [7, 11) is 0. The molecule has 0 atom stereocenters. The van der Waals surface area contributed by atoms with Gasteiger partial charge in [-0.1, -0.05) is 36.4 Å². The highest BCUT2D eigenvalue weighted by molar-refractivity contribution is 6.07. The van der Waals surface area contributed by atoms with Gasteiger partial charge in [0.15, 0.2) is 0 Å². The molecule has 0 aliphatic rings. The number of para-hydroxylation sites is 1. The van der Waals surface area contributed by atoms with Gasteiger partial charge in [-0.2, -0.15) is 0 Å². The van der Waals surface area contributed by atoms with E-state index in [4.69, 9.17) is 0 Å². The zero-order valence-electron chi connectivity index (χ0n) is 14.1. The van der Waals surface area contributed by atoms with Gasteiger partial charge in [0.25, 0.3) is 11.8 Å². The first-order valence-electron chi connectivity index (χ1n) is 8.07. The molecule has 3 rings (SSSR count). The summed E-state index contributed by atoms with van der Waals surface area (Å²) in [6.07, 6.45) is 0. The third kappa shape index (κ3) is 3.95. The predicted molar refractivity (Wildman–Crippen MR) is 99.9 cm³/mol. The summed E-state index contributed by atoms with van der Waals surface area (Å²) in [5.74, 6) is -1.23. The van der Waals surface area contributed by atoms with E-state index in [1.807, 2.05) is 13.0 Å². The molecule has 5 heteroatoms. The van der Waals surface area contributed by atoms with Crippen molar-refractivity contribution in [2.45, 2.75) is 6.92 Å². The van der Waals surface area contributed by atoms with Crippen LogP contribution in [0.15, 0.2) is 72.8 Å². The van der Waals surface area contributed by atoms with Crippen LogP contribution in [0.2, 0.25) is 0 Å². The molecule has 26 heavy (non-hydrogen) atoms. The fourth-order valence-electron chi connectivity index (χ4n) is 2.44. The van der Waals surface area contributed by atoms with Crippen molar-refractivity contribution in [1.29, 1.82) is 0 Å². The molecule has 0 saturated carbocycles. The van der Waals surface area contributed by atoms with Gasteiger partial charge in [0, 0.05) is 16.8 Å². The topological polar surface area (TPSA) is 58.2 Å². The average molecular weight is 348 g/mol. The first-order valence-corrected chi connectivity index (χ1v) is 8.07. The lowest BCUT2D eigenvalue weighted by Gasteiger charge is -2.11. The first-order chi connectivity index (χ1) is 12.5. The summed E-state index contributed by atoms with van der Waals surface area (Å²) in [6, 6.07) is 19.7. The lowest BCUT2D eigenvalue weighted by Crippen LogP contribution is -2.16. The first kappa shape index (κ1) is 17.4. The van der Waals surface area contributed by atoms with Crippen LogP contribution in [-0.2, 0) is 0 Å². The van der Waals surface area contributed by atoms with Gasteiger partial charge in [-0.25, -0.2) is 4.39 Å². The molecule has 0 aliphatic heterocycles. The smallest absolute Gasteiger partial charge is 0.255 e. The Morgan fingerprint density at radius 3 is 2.08 bits per heavy atom. The number of amides is 2. The van der Waals surface area contributed by atoms with Gasteiger partial charge in [0.05, 0.1) is 5.69 Å². The Morgan fingerprint density at radius 1 is 0.731 bits per heavy atom. The van der Waals surface area contributed by atoms with E-state index in [2.05, 4.69) is 10.6 Å². The Kier molecular flexibility index (Phi) is 5.08. The molecule has 3 aromatic carbocycles. The van der Waals surface area contributed by atoms with E-state index in [1.165, 1.54) is 12.1 Å². The second-order valence-electron chi connectivity index (χ2n) is 5.78. The van der Waals surface area contributed by atoms with Crippen LogP contribution in [0, 0.1) is 12.7 Å². The maximum absolute atomic E-state index is 13.7. The van der Waals surface area contributed by atoms with Gasteiger partial charge in [0.2, 0.25) is 0 Å². The number of anilines is 2. The third-order valence-electron chi connectivity index (χ3n) is 3.91. The number of halogens is 1. The summed E-state index contributed by atoms with van der Waals surface area (Å²) in [5, 5.41) is 5.34. The minimum Gasteiger partial charge on any atom is -0.322 e. The van der Waals surface area contributed by atoms with Crippen LogP contribution in [0.4, 0.5) is 15.8 Å². The highest BCUT2D eigenvalue weighted by atomic mass is 19.1. The van der Waals surface area contributed by atoms with Gasteiger partial charge in [-0.3, -0.25) is 9.59 Å². The van der Waals surface area contributed by atoms with Crippen molar-refractivity contribution in [3.05, 3.63) is 95.3 Å². The van der Waals surface area contributed by atoms with Crippen LogP contribution in [0.25, 0.3) is 0 Å². The van der Waals surface area contributed by atoms with Gasteiger partial charge in [0.1, 0.15) is 5.82 Å². The highest BCUT2D eigenvalue weighted by Gasteiger charge is 2.13. The van der Waals surface area contributed by atoms with Gasteiger partial charge < -0.3 is 10.6 Å². The molecular formula is C21H17FN2O2. The molecule has 0 fully saturated rings. The summed E-state index contributed by atoms with van der Waals surface area (Å²) in [5.41, 5.74) is 2.29. The van der Waals surface area contributed by atoms with E-state index in [-0.39, 0.29) is 11.6 Å². The van der Waals surface area contributed by atoms with Crippen molar-refractivity contribution in [2.24, 2.45) is 0 Å². The van der Waals surface area contributed by atoms with Crippen LogP contribution in [0.3, 0.4) is 0 Å². The maximum atomic E-state index is 13.7. The molecule has 0 unspecified atom stereocenters. The van der Waals surface area contributed by atoms with E-state index >= 15 is 0 Å². The van der Waals surface area contributed by atoms with Crippen LogP contribution in [0.1, 0.15) is 26.3 Å². The average Bonchev–Trinajstić information content (AvgIpc) is 2.66. The van der Waals surface area contributed by atoms with Crippen LogP contribution < -0.4 is 10.6 Å².